The standard InChI is InChI=1S/C11H17F4N.C2H6/c1-5-10(11(13,14)15)16-8(4)6-9(12)7(2)3;1-2/h6-7,10,16H,4-5H2,1-3H3;1-2H3/b9-6+;. The maximum absolute atomic E-state index is 13.1. The molecule has 0 saturated heterocycles. The lowest BCUT2D eigenvalue weighted by molar-refractivity contribution is -0.154. The van der Waals surface area contributed by atoms with E-state index < -0.39 is 18.0 Å². The quantitative estimate of drug-likeness (QED) is 0.549. The van der Waals surface area contributed by atoms with E-state index in [9.17, 15) is 17.6 Å². The van der Waals surface area contributed by atoms with Crippen LogP contribution in [0.1, 0.15) is 41.0 Å². The first-order chi connectivity index (χ1) is 8.18. The summed E-state index contributed by atoms with van der Waals surface area (Å²) in [5.41, 5.74) is -0.0598. The number of rotatable bonds is 5. The van der Waals surface area contributed by atoms with Gasteiger partial charge in [0.1, 0.15) is 11.9 Å². The third-order valence-electron chi connectivity index (χ3n) is 2.03. The Kier molecular flexibility index (Phi) is 9.67. The Hall–Kier alpha value is -1.00. The van der Waals surface area contributed by atoms with Crippen molar-refractivity contribution in [2.24, 2.45) is 5.92 Å². The molecule has 0 fully saturated rings. The highest BCUT2D eigenvalue weighted by molar-refractivity contribution is 5.17. The minimum atomic E-state index is -4.35. The molecule has 0 aromatic carbocycles. The minimum absolute atomic E-state index is 0.0598. The normalized spacial score (nSPS) is 13.8. The van der Waals surface area contributed by atoms with Crippen LogP contribution < -0.4 is 5.32 Å². The first-order valence-electron chi connectivity index (χ1n) is 6.07. The van der Waals surface area contributed by atoms with Crippen LogP contribution in [-0.4, -0.2) is 12.2 Å². The number of hydrogen-bond donors (Lipinski definition) is 1. The molecule has 0 bridgehead atoms. The summed E-state index contributed by atoms with van der Waals surface area (Å²) in [5, 5.41) is 2.16. The summed E-state index contributed by atoms with van der Waals surface area (Å²) in [6.07, 6.45) is -3.47. The molecule has 0 rings (SSSR count). The summed E-state index contributed by atoms with van der Waals surface area (Å²) < 4.78 is 50.2. The largest absolute Gasteiger partial charge is 0.408 e. The number of halogens is 4. The molecular weight excluding hydrogens is 246 g/mol. The molecular formula is C13H23F4N. The fraction of sp³-hybridized carbons (Fsp3) is 0.692. The lowest BCUT2D eigenvalue weighted by Gasteiger charge is -2.21. The van der Waals surface area contributed by atoms with Crippen molar-refractivity contribution >= 4 is 0 Å². The predicted octanol–water partition coefficient (Wildman–Crippen LogP) is 4.97. The van der Waals surface area contributed by atoms with Crippen molar-refractivity contribution in [1.29, 1.82) is 0 Å². The molecule has 1 N–H and O–H groups in total. The highest BCUT2D eigenvalue weighted by Crippen LogP contribution is 2.23. The van der Waals surface area contributed by atoms with Crippen molar-refractivity contribution < 1.29 is 17.6 Å². The van der Waals surface area contributed by atoms with Crippen LogP contribution in [0.2, 0.25) is 0 Å². The van der Waals surface area contributed by atoms with Crippen molar-refractivity contribution in [1.82, 2.24) is 5.32 Å². The smallest absolute Gasteiger partial charge is 0.374 e. The molecule has 1 nitrogen and oxygen atoms in total. The van der Waals surface area contributed by atoms with E-state index in [0.29, 0.717) is 0 Å². The second-order valence-electron chi connectivity index (χ2n) is 3.86. The van der Waals surface area contributed by atoms with E-state index in [-0.39, 0.29) is 18.0 Å². The van der Waals surface area contributed by atoms with Crippen LogP contribution in [0.5, 0.6) is 0 Å². The van der Waals surface area contributed by atoms with E-state index in [1.165, 1.54) is 6.92 Å². The average Bonchev–Trinajstić information content (AvgIpc) is 2.26. The highest BCUT2D eigenvalue weighted by Gasteiger charge is 2.38. The van der Waals surface area contributed by atoms with Gasteiger partial charge in [-0.15, -0.1) is 0 Å². The van der Waals surface area contributed by atoms with E-state index in [2.05, 4.69) is 11.9 Å². The first kappa shape index (κ1) is 19.3. The maximum atomic E-state index is 13.1. The second-order valence-corrected chi connectivity index (χ2v) is 3.86. The fourth-order valence-corrected chi connectivity index (χ4v) is 1.01. The Bertz CT molecular complexity index is 267. The molecule has 0 radical (unpaired) electrons. The summed E-state index contributed by atoms with van der Waals surface area (Å²) in [4.78, 5) is 0. The molecule has 0 heterocycles. The molecule has 0 saturated carbocycles. The molecule has 18 heavy (non-hydrogen) atoms. The number of allylic oxidation sites excluding steroid dienone is 2. The molecule has 5 heteroatoms. The molecule has 0 aliphatic carbocycles. The maximum Gasteiger partial charge on any atom is 0.408 e. The van der Waals surface area contributed by atoms with Gasteiger partial charge in [-0.25, -0.2) is 4.39 Å². The average molecular weight is 269 g/mol. The van der Waals surface area contributed by atoms with Gasteiger partial charge in [-0.05, 0) is 12.5 Å². The summed E-state index contributed by atoms with van der Waals surface area (Å²) in [7, 11) is 0. The summed E-state index contributed by atoms with van der Waals surface area (Å²) in [5.74, 6) is -0.848. The van der Waals surface area contributed by atoms with Gasteiger partial charge in [-0.1, -0.05) is 41.2 Å². The zero-order chi connectivity index (χ0) is 14.9. The highest BCUT2D eigenvalue weighted by atomic mass is 19.4. The second kappa shape index (κ2) is 9.00. The van der Waals surface area contributed by atoms with Crippen molar-refractivity contribution in [2.45, 2.75) is 53.3 Å². The van der Waals surface area contributed by atoms with Crippen molar-refractivity contribution in [3.8, 4) is 0 Å². The molecule has 0 spiro atoms. The Balaban J connectivity index is 0. The predicted molar refractivity (Wildman–Crippen MR) is 67.8 cm³/mol. The number of hydrogen-bond acceptors (Lipinski definition) is 1. The summed E-state index contributed by atoms with van der Waals surface area (Å²) in [6.45, 7) is 12.0. The SMILES string of the molecule is C=C(/C=C(/F)C(C)C)NC(CC)C(F)(F)F.CC. The Morgan fingerprint density at radius 3 is 2.00 bits per heavy atom. The van der Waals surface area contributed by atoms with Gasteiger partial charge < -0.3 is 5.32 Å². The number of alkyl halides is 3. The Morgan fingerprint density at radius 1 is 1.28 bits per heavy atom. The summed E-state index contributed by atoms with van der Waals surface area (Å²) in [6, 6.07) is -1.68. The topological polar surface area (TPSA) is 12.0 Å². The molecule has 0 amide bonds. The zero-order valence-electron chi connectivity index (χ0n) is 11.7. The van der Waals surface area contributed by atoms with E-state index in [1.54, 1.807) is 13.8 Å². The van der Waals surface area contributed by atoms with Crippen LogP contribution in [0.3, 0.4) is 0 Å². The third kappa shape index (κ3) is 8.14. The Labute approximate surface area is 107 Å². The van der Waals surface area contributed by atoms with Crippen LogP contribution >= 0.6 is 0 Å². The van der Waals surface area contributed by atoms with Crippen molar-refractivity contribution in [3.63, 3.8) is 0 Å². The van der Waals surface area contributed by atoms with Gasteiger partial charge in [-0.3, -0.25) is 0 Å². The third-order valence-corrected chi connectivity index (χ3v) is 2.03. The van der Waals surface area contributed by atoms with Crippen LogP contribution in [0.15, 0.2) is 24.2 Å². The van der Waals surface area contributed by atoms with Gasteiger partial charge in [-0.2, -0.15) is 13.2 Å². The molecule has 0 aromatic rings. The molecule has 1 atom stereocenters. The zero-order valence-corrected chi connectivity index (χ0v) is 11.7. The lowest BCUT2D eigenvalue weighted by atomic mass is 10.1. The van der Waals surface area contributed by atoms with Gasteiger partial charge in [0.25, 0.3) is 0 Å². The molecule has 0 aliphatic rings. The van der Waals surface area contributed by atoms with Crippen LogP contribution in [-0.2, 0) is 0 Å². The van der Waals surface area contributed by atoms with E-state index in [0.717, 1.165) is 6.08 Å². The van der Waals surface area contributed by atoms with Gasteiger partial charge in [0.05, 0.1) is 0 Å². The first-order valence-corrected chi connectivity index (χ1v) is 6.07. The van der Waals surface area contributed by atoms with Gasteiger partial charge in [0.15, 0.2) is 0 Å². The van der Waals surface area contributed by atoms with Gasteiger partial charge >= 0.3 is 6.18 Å². The minimum Gasteiger partial charge on any atom is -0.374 e. The van der Waals surface area contributed by atoms with E-state index >= 15 is 0 Å². The van der Waals surface area contributed by atoms with Gasteiger partial charge in [0.2, 0.25) is 0 Å². The molecule has 108 valence electrons. The number of nitrogens with one attached hydrogen (secondary N) is 1. The van der Waals surface area contributed by atoms with Crippen molar-refractivity contribution in [2.75, 3.05) is 0 Å². The van der Waals surface area contributed by atoms with E-state index in [1.807, 2.05) is 13.8 Å². The van der Waals surface area contributed by atoms with Crippen LogP contribution in [0.25, 0.3) is 0 Å². The molecule has 1 unspecified atom stereocenters. The van der Waals surface area contributed by atoms with Crippen LogP contribution in [0.4, 0.5) is 17.6 Å². The fourth-order valence-electron chi connectivity index (χ4n) is 1.01. The van der Waals surface area contributed by atoms with E-state index in [4.69, 9.17) is 0 Å². The van der Waals surface area contributed by atoms with Gasteiger partial charge in [0, 0.05) is 11.6 Å². The monoisotopic (exact) mass is 269 g/mol. The molecule has 0 aromatic heterocycles. The van der Waals surface area contributed by atoms with Crippen LogP contribution in [0, 0.1) is 5.92 Å². The lowest BCUT2D eigenvalue weighted by Crippen LogP contribution is -2.40. The molecule has 0 aliphatic heterocycles. The van der Waals surface area contributed by atoms with Crippen molar-refractivity contribution in [3.05, 3.63) is 24.2 Å². The summed E-state index contributed by atoms with van der Waals surface area (Å²) >= 11 is 0. The Morgan fingerprint density at radius 2 is 1.72 bits per heavy atom.